The third-order valence-electron chi connectivity index (χ3n) is 20.0. The lowest BCUT2D eigenvalue weighted by molar-refractivity contribution is -0.161. The molecule has 19 heteroatoms. The van der Waals surface area contributed by atoms with Gasteiger partial charge in [0.15, 0.2) is 12.2 Å². The Labute approximate surface area is 638 Å². The topological polar surface area (TPSA) is 237 Å². The SMILES string of the molecule is CCCCCCCCCCCCCCCCCCCCCCCCC(=O)O[C@H](COC(=O)CCCCCCCCCCCCCCCCCCC(C)C)COP(=O)(O)OC[C@@H](O)COP(=O)(O)OC[C@@H](COC(=O)CCCCCCCCCCCCC)OC(=O)CCCCCCCCCCCCCC. The second-order valence-electron chi connectivity index (χ2n) is 31.1. The molecule has 2 unspecified atom stereocenters. The molecule has 17 nitrogen and oxygen atoms in total. The van der Waals surface area contributed by atoms with E-state index in [1.165, 1.54) is 283 Å². The van der Waals surface area contributed by atoms with Gasteiger partial charge in [0.25, 0.3) is 0 Å². The van der Waals surface area contributed by atoms with Gasteiger partial charge in [-0.05, 0) is 31.6 Å². The van der Waals surface area contributed by atoms with Gasteiger partial charge in [0, 0.05) is 25.7 Å². The van der Waals surface area contributed by atoms with E-state index < -0.39 is 97.5 Å². The van der Waals surface area contributed by atoms with Gasteiger partial charge in [-0.1, -0.05) is 407 Å². The van der Waals surface area contributed by atoms with E-state index in [-0.39, 0.29) is 25.7 Å². The predicted octanol–water partition coefficient (Wildman–Crippen LogP) is 26.0. The van der Waals surface area contributed by atoms with Crippen LogP contribution in [0.5, 0.6) is 0 Å². The van der Waals surface area contributed by atoms with Crippen LogP contribution in [0.3, 0.4) is 0 Å². The van der Waals surface area contributed by atoms with E-state index in [4.69, 9.17) is 37.0 Å². The van der Waals surface area contributed by atoms with Gasteiger partial charge < -0.3 is 33.8 Å². The second-order valence-corrected chi connectivity index (χ2v) is 34.0. The number of esters is 4. The van der Waals surface area contributed by atoms with Crippen molar-refractivity contribution in [2.45, 2.75) is 477 Å². The predicted molar refractivity (Wildman–Crippen MR) is 428 cm³/mol. The minimum Gasteiger partial charge on any atom is -0.462 e. The summed E-state index contributed by atoms with van der Waals surface area (Å²) in [4.78, 5) is 73.1. The molecule has 0 amide bonds. The molecule has 0 aliphatic carbocycles. The van der Waals surface area contributed by atoms with Crippen molar-refractivity contribution in [2.24, 2.45) is 5.92 Å². The molecule has 104 heavy (non-hydrogen) atoms. The molecule has 0 bridgehead atoms. The summed E-state index contributed by atoms with van der Waals surface area (Å²) in [5.74, 6) is -1.29. The number of ether oxygens (including phenoxy) is 4. The Bertz CT molecular complexity index is 1980. The number of carbonyl (C=O) groups excluding carboxylic acids is 4. The fourth-order valence-corrected chi connectivity index (χ4v) is 14.9. The molecule has 3 N–H and O–H groups in total. The summed E-state index contributed by atoms with van der Waals surface area (Å²) in [5, 5.41) is 10.7. The Kier molecular flexibility index (Phi) is 76.3. The van der Waals surface area contributed by atoms with E-state index in [0.29, 0.717) is 25.7 Å². The fourth-order valence-electron chi connectivity index (χ4n) is 13.3. The first-order chi connectivity index (χ1) is 50.5. The maximum Gasteiger partial charge on any atom is 0.472 e. The highest BCUT2D eigenvalue weighted by atomic mass is 31.2. The first-order valence-electron chi connectivity index (χ1n) is 44.1. The van der Waals surface area contributed by atoms with E-state index in [1.54, 1.807) is 0 Å². The zero-order chi connectivity index (χ0) is 76.2. The Morgan fingerprint density at radius 3 is 0.654 bits per heavy atom. The average Bonchev–Trinajstić information content (AvgIpc) is 0.909. The largest absolute Gasteiger partial charge is 0.472 e. The van der Waals surface area contributed by atoms with E-state index in [9.17, 15) is 43.2 Å². The third kappa shape index (κ3) is 78.2. The van der Waals surface area contributed by atoms with Gasteiger partial charge in [-0.2, -0.15) is 0 Å². The highest BCUT2D eigenvalue weighted by Gasteiger charge is 2.30. The number of aliphatic hydroxyl groups excluding tert-OH is 1. The molecular weight excluding hydrogens is 1350 g/mol. The van der Waals surface area contributed by atoms with Crippen molar-refractivity contribution in [2.75, 3.05) is 39.6 Å². The van der Waals surface area contributed by atoms with Crippen molar-refractivity contribution in [3.63, 3.8) is 0 Å². The van der Waals surface area contributed by atoms with Crippen LogP contribution in [0.15, 0.2) is 0 Å². The number of carbonyl (C=O) groups is 4. The highest BCUT2D eigenvalue weighted by Crippen LogP contribution is 2.45. The molecule has 618 valence electrons. The molecule has 5 atom stereocenters. The number of aliphatic hydroxyl groups is 1. The van der Waals surface area contributed by atoms with Gasteiger partial charge >= 0.3 is 39.5 Å². The molecule has 0 aliphatic rings. The number of hydrogen-bond donors (Lipinski definition) is 3. The maximum atomic E-state index is 13.1. The Morgan fingerprint density at radius 2 is 0.442 bits per heavy atom. The molecule has 0 aliphatic heterocycles. The quantitative estimate of drug-likeness (QED) is 0.0222. The lowest BCUT2D eigenvalue weighted by Crippen LogP contribution is -2.30. The van der Waals surface area contributed by atoms with Crippen molar-refractivity contribution in [3.05, 3.63) is 0 Å². The Balaban J connectivity index is 5.20. The Morgan fingerprint density at radius 1 is 0.260 bits per heavy atom. The monoisotopic (exact) mass is 1520 g/mol. The van der Waals surface area contributed by atoms with Crippen molar-refractivity contribution >= 4 is 39.5 Å². The molecule has 0 spiro atoms. The van der Waals surface area contributed by atoms with Crippen LogP contribution in [0.1, 0.15) is 458 Å². The molecule has 0 aromatic carbocycles. The Hall–Kier alpha value is -1.94. The van der Waals surface area contributed by atoms with Crippen molar-refractivity contribution in [3.8, 4) is 0 Å². The van der Waals surface area contributed by atoms with E-state index in [0.717, 1.165) is 95.8 Å². The van der Waals surface area contributed by atoms with Gasteiger partial charge in [0.1, 0.15) is 19.3 Å². The van der Waals surface area contributed by atoms with Gasteiger partial charge in [-0.15, -0.1) is 0 Å². The highest BCUT2D eigenvalue weighted by molar-refractivity contribution is 7.47. The summed E-state index contributed by atoms with van der Waals surface area (Å²) < 4.78 is 68.8. The van der Waals surface area contributed by atoms with Crippen molar-refractivity contribution < 1.29 is 80.2 Å². The van der Waals surface area contributed by atoms with Crippen molar-refractivity contribution in [1.82, 2.24) is 0 Å². The first kappa shape index (κ1) is 102. The zero-order valence-electron chi connectivity index (χ0n) is 68.2. The van der Waals surface area contributed by atoms with E-state index >= 15 is 0 Å². The summed E-state index contributed by atoms with van der Waals surface area (Å²) in [7, 11) is -9.92. The minimum absolute atomic E-state index is 0.108. The number of hydrogen-bond acceptors (Lipinski definition) is 15. The summed E-state index contributed by atoms with van der Waals surface area (Å²) >= 11 is 0. The van der Waals surface area contributed by atoms with E-state index in [1.807, 2.05) is 0 Å². The minimum atomic E-state index is -4.96. The number of unbranched alkanes of at least 4 members (excludes halogenated alkanes) is 57. The summed E-state index contributed by atoms with van der Waals surface area (Å²) in [6.07, 6.45) is 70.8. The number of rotatable bonds is 85. The molecule has 0 saturated carbocycles. The first-order valence-corrected chi connectivity index (χ1v) is 47.1. The van der Waals surface area contributed by atoms with Crippen LogP contribution in [0, 0.1) is 5.92 Å². The van der Waals surface area contributed by atoms with Gasteiger partial charge in [-0.3, -0.25) is 37.3 Å². The summed E-state index contributed by atoms with van der Waals surface area (Å²) in [6, 6.07) is 0. The molecule has 0 heterocycles. The lowest BCUT2D eigenvalue weighted by atomic mass is 10.0. The van der Waals surface area contributed by atoms with Crippen LogP contribution in [0.4, 0.5) is 0 Å². The third-order valence-corrected chi connectivity index (χ3v) is 21.9. The lowest BCUT2D eigenvalue weighted by Gasteiger charge is -2.21. The van der Waals surface area contributed by atoms with Crippen LogP contribution in [-0.2, 0) is 65.4 Å². The molecule has 0 rings (SSSR count). The molecule has 0 saturated heterocycles. The van der Waals surface area contributed by atoms with E-state index in [2.05, 4.69) is 34.6 Å². The average molecular weight is 1520 g/mol. The molecular formula is C85H166O17P2. The van der Waals surface area contributed by atoms with Crippen LogP contribution >= 0.6 is 15.6 Å². The van der Waals surface area contributed by atoms with Gasteiger partial charge in [0.2, 0.25) is 0 Å². The normalized spacial score (nSPS) is 13.8. The van der Waals surface area contributed by atoms with Gasteiger partial charge in [0.05, 0.1) is 26.4 Å². The summed E-state index contributed by atoms with van der Waals surface area (Å²) in [6.45, 7) is 7.38. The van der Waals surface area contributed by atoms with Crippen LogP contribution in [-0.4, -0.2) is 96.7 Å². The molecule has 0 aromatic heterocycles. The molecule has 0 aromatic rings. The molecule has 0 radical (unpaired) electrons. The fraction of sp³-hybridized carbons (Fsp3) is 0.953. The standard InChI is InChI=1S/C85H166O17P2/c1-6-9-12-15-18-21-24-26-27-28-29-30-31-32-33-38-41-46-51-56-61-66-71-85(90)102-81(75-96-83(88)69-64-59-54-49-45-40-37-35-34-36-39-43-47-52-57-62-67-78(4)5)77-100-104(93,94)98-73-79(86)72-97-103(91,92)99-76-80(74-95-82(87)68-63-58-53-48-42-23-20-17-14-11-8-3)101-84(89)70-65-60-55-50-44-25-22-19-16-13-10-7-2/h78-81,86H,6-77H2,1-5H3,(H,91,92)(H,93,94)/t79-,80+,81+/m0/s1. The molecule has 0 fully saturated rings. The zero-order valence-corrected chi connectivity index (χ0v) is 70.0. The number of phosphoric ester groups is 2. The summed E-state index contributed by atoms with van der Waals surface area (Å²) in [5.41, 5.74) is 0. The van der Waals surface area contributed by atoms with Crippen LogP contribution in [0.2, 0.25) is 0 Å². The van der Waals surface area contributed by atoms with Crippen LogP contribution in [0.25, 0.3) is 0 Å². The maximum absolute atomic E-state index is 13.1. The van der Waals surface area contributed by atoms with Crippen LogP contribution < -0.4 is 0 Å². The van der Waals surface area contributed by atoms with Gasteiger partial charge in [-0.25, -0.2) is 9.13 Å². The second kappa shape index (κ2) is 77.8. The smallest absolute Gasteiger partial charge is 0.462 e. The number of phosphoric acid groups is 2. The van der Waals surface area contributed by atoms with Crippen molar-refractivity contribution in [1.29, 1.82) is 0 Å².